The third-order valence-corrected chi connectivity index (χ3v) is 1.68. The minimum atomic E-state index is -4.73. The van der Waals surface area contributed by atoms with E-state index < -0.39 is 12.5 Å². The predicted octanol–water partition coefficient (Wildman–Crippen LogP) is 2.55. The highest BCUT2D eigenvalue weighted by atomic mass is 19.4. The SMILES string of the molecule is NCC(F)c1ccc(OC(F)(F)F)cc1. The molecule has 0 bridgehead atoms. The molecule has 0 fully saturated rings. The van der Waals surface area contributed by atoms with Crippen molar-refractivity contribution in [1.29, 1.82) is 0 Å². The van der Waals surface area contributed by atoms with Gasteiger partial charge in [-0.3, -0.25) is 0 Å². The number of benzene rings is 1. The van der Waals surface area contributed by atoms with Gasteiger partial charge in [0.25, 0.3) is 0 Å². The zero-order chi connectivity index (χ0) is 11.5. The fraction of sp³-hybridized carbons (Fsp3) is 0.333. The topological polar surface area (TPSA) is 35.2 Å². The first-order valence-electron chi connectivity index (χ1n) is 4.12. The summed E-state index contributed by atoms with van der Waals surface area (Å²) in [6.07, 6.45) is -6.10. The van der Waals surface area contributed by atoms with Crippen molar-refractivity contribution >= 4 is 0 Å². The van der Waals surface area contributed by atoms with Gasteiger partial charge >= 0.3 is 6.36 Å². The van der Waals surface area contributed by atoms with Gasteiger partial charge in [0.15, 0.2) is 0 Å². The van der Waals surface area contributed by atoms with Gasteiger partial charge in [0.2, 0.25) is 0 Å². The Morgan fingerprint density at radius 1 is 1.20 bits per heavy atom. The van der Waals surface area contributed by atoms with Crippen LogP contribution in [0, 0.1) is 0 Å². The maximum absolute atomic E-state index is 12.9. The molecule has 1 atom stereocenters. The summed E-state index contributed by atoms with van der Waals surface area (Å²) < 4.78 is 51.8. The van der Waals surface area contributed by atoms with Crippen molar-refractivity contribution in [3.8, 4) is 5.75 Å². The summed E-state index contributed by atoms with van der Waals surface area (Å²) in [5.41, 5.74) is 5.29. The first-order valence-corrected chi connectivity index (χ1v) is 4.12. The first-order chi connectivity index (χ1) is 6.92. The lowest BCUT2D eigenvalue weighted by molar-refractivity contribution is -0.274. The second kappa shape index (κ2) is 4.48. The van der Waals surface area contributed by atoms with Crippen molar-refractivity contribution in [2.75, 3.05) is 6.54 Å². The molecule has 1 unspecified atom stereocenters. The van der Waals surface area contributed by atoms with Crippen LogP contribution in [-0.2, 0) is 0 Å². The van der Waals surface area contributed by atoms with E-state index in [-0.39, 0.29) is 17.9 Å². The minimum Gasteiger partial charge on any atom is -0.406 e. The summed E-state index contributed by atoms with van der Waals surface area (Å²) in [7, 11) is 0. The molecule has 0 spiro atoms. The molecular formula is C9H9F4NO. The molecule has 84 valence electrons. The number of alkyl halides is 4. The maximum atomic E-state index is 12.9. The van der Waals surface area contributed by atoms with Crippen molar-refractivity contribution in [3.63, 3.8) is 0 Å². The molecule has 0 aromatic heterocycles. The van der Waals surface area contributed by atoms with Crippen LogP contribution < -0.4 is 10.5 Å². The summed E-state index contributed by atoms with van der Waals surface area (Å²) in [5, 5.41) is 0. The van der Waals surface area contributed by atoms with Crippen LogP contribution in [0.4, 0.5) is 17.6 Å². The van der Waals surface area contributed by atoms with Crippen LogP contribution in [0.15, 0.2) is 24.3 Å². The van der Waals surface area contributed by atoms with E-state index in [1.165, 1.54) is 12.1 Å². The largest absolute Gasteiger partial charge is 0.573 e. The van der Waals surface area contributed by atoms with Gasteiger partial charge in [-0.05, 0) is 17.7 Å². The highest BCUT2D eigenvalue weighted by molar-refractivity contribution is 5.28. The quantitative estimate of drug-likeness (QED) is 0.799. The highest BCUT2D eigenvalue weighted by Crippen LogP contribution is 2.24. The van der Waals surface area contributed by atoms with E-state index in [9.17, 15) is 17.6 Å². The number of rotatable bonds is 3. The van der Waals surface area contributed by atoms with E-state index >= 15 is 0 Å². The Morgan fingerprint density at radius 2 is 1.73 bits per heavy atom. The van der Waals surface area contributed by atoms with Gasteiger partial charge in [-0.15, -0.1) is 13.2 Å². The Labute approximate surface area is 83.6 Å². The summed E-state index contributed by atoms with van der Waals surface area (Å²) in [5.74, 6) is -0.379. The number of hydrogen-bond acceptors (Lipinski definition) is 2. The molecule has 0 heterocycles. The molecular weight excluding hydrogens is 214 g/mol. The van der Waals surface area contributed by atoms with Crippen LogP contribution in [0.2, 0.25) is 0 Å². The normalized spacial score (nSPS) is 13.7. The second-order valence-electron chi connectivity index (χ2n) is 2.82. The third-order valence-electron chi connectivity index (χ3n) is 1.68. The van der Waals surface area contributed by atoms with Gasteiger partial charge in [0.1, 0.15) is 11.9 Å². The van der Waals surface area contributed by atoms with Crippen LogP contribution in [0.25, 0.3) is 0 Å². The second-order valence-corrected chi connectivity index (χ2v) is 2.82. The predicted molar refractivity (Wildman–Crippen MR) is 46.0 cm³/mol. The van der Waals surface area contributed by atoms with E-state index in [1.54, 1.807) is 0 Å². The van der Waals surface area contributed by atoms with Crippen molar-refractivity contribution in [2.45, 2.75) is 12.5 Å². The third kappa shape index (κ3) is 3.75. The molecule has 0 aliphatic heterocycles. The van der Waals surface area contributed by atoms with Crippen molar-refractivity contribution in [2.24, 2.45) is 5.73 Å². The summed E-state index contributed by atoms with van der Waals surface area (Å²) in [6.45, 7) is -0.209. The lowest BCUT2D eigenvalue weighted by Gasteiger charge is -2.10. The van der Waals surface area contributed by atoms with E-state index in [0.717, 1.165) is 12.1 Å². The Balaban J connectivity index is 2.72. The Kier molecular flexibility index (Phi) is 3.52. The zero-order valence-electron chi connectivity index (χ0n) is 7.59. The molecule has 1 aromatic rings. The van der Waals surface area contributed by atoms with E-state index in [0.29, 0.717) is 0 Å². The molecule has 1 rings (SSSR count). The molecule has 0 saturated carbocycles. The Hall–Kier alpha value is -1.30. The monoisotopic (exact) mass is 223 g/mol. The molecule has 2 nitrogen and oxygen atoms in total. The molecule has 2 N–H and O–H groups in total. The van der Waals surface area contributed by atoms with Gasteiger partial charge in [0, 0.05) is 6.54 Å². The fourth-order valence-corrected chi connectivity index (χ4v) is 1.01. The molecule has 6 heteroatoms. The summed E-state index contributed by atoms with van der Waals surface area (Å²) in [6, 6.07) is 4.51. The first kappa shape index (κ1) is 11.8. The fourth-order valence-electron chi connectivity index (χ4n) is 1.01. The van der Waals surface area contributed by atoms with Gasteiger partial charge in [-0.25, -0.2) is 4.39 Å². The van der Waals surface area contributed by atoms with Crippen LogP contribution >= 0.6 is 0 Å². The van der Waals surface area contributed by atoms with E-state index in [1.807, 2.05) is 0 Å². The molecule has 1 aromatic carbocycles. The van der Waals surface area contributed by atoms with Crippen LogP contribution in [-0.4, -0.2) is 12.9 Å². The average molecular weight is 223 g/mol. The minimum absolute atomic E-state index is 0.209. The van der Waals surface area contributed by atoms with Crippen LogP contribution in [0.1, 0.15) is 11.7 Å². The Bertz CT molecular complexity index is 309. The molecule has 0 aliphatic rings. The zero-order valence-corrected chi connectivity index (χ0v) is 7.59. The van der Waals surface area contributed by atoms with Gasteiger partial charge < -0.3 is 10.5 Å². The number of halogens is 4. The summed E-state index contributed by atoms with van der Waals surface area (Å²) in [4.78, 5) is 0. The van der Waals surface area contributed by atoms with Crippen molar-refractivity contribution in [1.82, 2.24) is 0 Å². The smallest absolute Gasteiger partial charge is 0.406 e. The Morgan fingerprint density at radius 3 is 2.13 bits per heavy atom. The van der Waals surface area contributed by atoms with E-state index in [2.05, 4.69) is 4.74 Å². The number of hydrogen-bond donors (Lipinski definition) is 1. The molecule has 0 saturated heterocycles. The van der Waals surface area contributed by atoms with Crippen molar-refractivity contribution < 1.29 is 22.3 Å². The molecule has 15 heavy (non-hydrogen) atoms. The van der Waals surface area contributed by atoms with E-state index in [4.69, 9.17) is 5.73 Å². The number of nitrogens with two attached hydrogens (primary N) is 1. The van der Waals surface area contributed by atoms with Crippen LogP contribution in [0.5, 0.6) is 5.75 Å². The lowest BCUT2D eigenvalue weighted by atomic mass is 10.1. The van der Waals surface area contributed by atoms with Gasteiger partial charge in [0.05, 0.1) is 0 Å². The molecule has 0 amide bonds. The van der Waals surface area contributed by atoms with Gasteiger partial charge in [-0.2, -0.15) is 0 Å². The highest BCUT2D eigenvalue weighted by Gasteiger charge is 2.31. The molecule has 0 aliphatic carbocycles. The summed E-state index contributed by atoms with van der Waals surface area (Å²) >= 11 is 0. The van der Waals surface area contributed by atoms with Gasteiger partial charge in [-0.1, -0.05) is 12.1 Å². The average Bonchev–Trinajstić information content (AvgIpc) is 2.15. The standard InChI is InChI=1S/C9H9F4NO/c10-8(5-14)6-1-3-7(4-2-6)15-9(11,12)13/h1-4,8H,5,14H2. The van der Waals surface area contributed by atoms with Crippen molar-refractivity contribution in [3.05, 3.63) is 29.8 Å². The number of ether oxygens (including phenoxy) is 1. The lowest BCUT2D eigenvalue weighted by Crippen LogP contribution is -2.17. The maximum Gasteiger partial charge on any atom is 0.573 e. The molecule has 0 radical (unpaired) electrons. The van der Waals surface area contributed by atoms with Crippen LogP contribution in [0.3, 0.4) is 0 Å².